The SMILES string of the molecule is COc1ccc(COc2cc(F)cc(-c3ccccc3)c2)cc1. The Morgan fingerprint density at radius 3 is 2.22 bits per heavy atom. The highest BCUT2D eigenvalue weighted by Gasteiger charge is 2.05. The molecule has 0 radical (unpaired) electrons. The van der Waals surface area contributed by atoms with E-state index in [1.165, 1.54) is 12.1 Å². The van der Waals surface area contributed by atoms with Gasteiger partial charge in [0.2, 0.25) is 0 Å². The largest absolute Gasteiger partial charge is 0.497 e. The van der Waals surface area contributed by atoms with E-state index in [4.69, 9.17) is 9.47 Å². The molecule has 0 unspecified atom stereocenters. The molecule has 0 atom stereocenters. The van der Waals surface area contributed by atoms with E-state index >= 15 is 0 Å². The molecule has 116 valence electrons. The monoisotopic (exact) mass is 308 g/mol. The molecule has 0 heterocycles. The first-order chi connectivity index (χ1) is 11.2. The minimum absolute atomic E-state index is 0.309. The van der Waals surface area contributed by atoms with Gasteiger partial charge in [-0.15, -0.1) is 0 Å². The van der Waals surface area contributed by atoms with E-state index in [9.17, 15) is 4.39 Å². The Kier molecular flexibility index (Phi) is 4.57. The van der Waals surface area contributed by atoms with Crippen molar-refractivity contribution in [2.45, 2.75) is 6.61 Å². The van der Waals surface area contributed by atoms with Crippen molar-refractivity contribution in [3.63, 3.8) is 0 Å². The maximum absolute atomic E-state index is 13.8. The molecule has 0 saturated heterocycles. The summed E-state index contributed by atoms with van der Waals surface area (Å²) in [5, 5.41) is 0. The fourth-order valence-electron chi connectivity index (χ4n) is 2.33. The predicted octanol–water partition coefficient (Wildman–Crippen LogP) is 5.08. The molecule has 3 aromatic rings. The molecule has 0 aliphatic rings. The van der Waals surface area contributed by atoms with Gasteiger partial charge in [-0.25, -0.2) is 4.39 Å². The van der Waals surface area contributed by atoms with Gasteiger partial charge < -0.3 is 9.47 Å². The second kappa shape index (κ2) is 6.97. The summed E-state index contributed by atoms with van der Waals surface area (Å²) < 4.78 is 24.7. The first-order valence-corrected chi connectivity index (χ1v) is 7.36. The second-order valence-corrected chi connectivity index (χ2v) is 5.18. The Balaban J connectivity index is 1.76. The zero-order chi connectivity index (χ0) is 16.1. The van der Waals surface area contributed by atoms with Crippen molar-refractivity contribution in [1.82, 2.24) is 0 Å². The van der Waals surface area contributed by atoms with Gasteiger partial charge in [-0.1, -0.05) is 42.5 Å². The zero-order valence-electron chi connectivity index (χ0n) is 12.8. The van der Waals surface area contributed by atoms with Gasteiger partial charge in [-0.2, -0.15) is 0 Å². The molecule has 3 rings (SSSR count). The van der Waals surface area contributed by atoms with Gasteiger partial charge in [0, 0.05) is 6.07 Å². The lowest BCUT2D eigenvalue weighted by molar-refractivity contribution is 0.304. The van der Waals surface area contributed by atoms with Crippen molar-refractivity contribution in [3.8, 4) is 22.6 Å². The molecule has 0 aromatic heterocycles. The van der Waals surface area contributed by atoms with Crippen molar-refractivity contribution in [3.05, 3.63) is 84.2 Å². The zero-order valence-corrected chi connectivity index (χ0v) is 12.8. The molecule has 3 heteroatoms. The summed E-state index contributed by atoms with van der Waals surface area (Å²) in [6.07, 6.45) is 0. The minimum Gasteiger partial charge on any atom is -0.497 e. The van der Waals surface area contributed by atoms with E-state index < -0.39 is 0 Å². The molecule has 0 amide bonds. The van der Waals surface area contributed by atoms with Crippen LogP contribution in [0.4, 0.5) is 4.39 Å². The third-order valence-corrected chi connectivity index (χ3v) is 3.54. The van der Waals surface area contributed by atoms with Crippen LogP contribution in [0.3, 0.4) is 0 Å². The predicted molar refractivity (Wildman–Crippen MR) is 89.2 cm³/mol. The molecule has 0 spiro atoms. The Morgan fingerprint density at radius 2 is 1.52 bits per heavy atom. The summed E-state index contributed by atoms with van der Waals surface area (Å²) in [5.74, 6) is 1.00. The number of rotatable bonds is 5. The van der Waals surface area contributed by atoms with E-state index in [2.05, 4.69) is 0 Å². The van der Waals surface area contributed by atoms with Crippen molar-refractivity contribution in [2.75, 3.05) is 7.11 Å². The number of halogens is 1. The number of hydrogen-bond donors (Lipinski definition) is 0. The normalized spacial score (nSPS) is 10.3. The summed E-state index contributed by atoms with van der Waals surface area (Å²) in [6.45, 7) is 0.377. The highest BCUT2D eigenvalue weighted by atomic mass is 19.1. The number of methoxy groups -OCH3 is 1. The van der Waals surface area contributed by atoms with E-state index in [0.717, 1.165) is 22.4 Å². The van der Waals surface area contributed by atoms with Crippen LogP contribution < -0.4 is 9.47 Å². The molecular formula is C20H17FO2. The third-order valence-electron chi connectivity index (χ3n) is 3.54. The van der Waals surface area contributed by atoms with Crippen molar-refractivity contribution in [1.29, 1.82) is 0 Å². The molecule has 2 nitrogen and oxygen atoms in total. The van der Waals surface area contributed by atoms with Gasteiger partial charge in [0.05, 0.1) is 7.11 Å². The van der Waals surface area contributed by atoms with Crippen LogP contribution in [0.5, 0.6) is 11.5 Å². The maximum atomic E-state index is 13.8. The topological polar surface area (TPSA) is 18.5 Å². The Hall–Kier alpha value is -2.81. The fraction of sp³-hybridized carbons (Fsp3) is 0.100. The van der Waals surface area contributed by atoms with E-state index in [1.54, 1.807) is 7.11 Å². The first kappa shape index (κ1) is 15.1. The Bertz CT molecular complexity index is 767. The van der Waals surface area contributed by atoms with E-state index in [1.807, 2.05) is 60.7 Å². The average Bonchev–Trinajstić information content (AvgIpc) is 2.61. The summed E-state index contributed by atoms with van der Waals surface area (Å²) in [6, 6.07) is 22.0. The number of ether oxygens (including phenoxy) is 2. The van der Waals surface area contributed by atoms with Crippen molar-refractivity contribution in [2.24, 2.45) is 0 Å². The van der Waals surface area contributed by atoms with E-state index in [0.29, 0.717) is 12.4 Å². The highest BCUT2D eigenvalue weighted by molar-refractivity contribution is 5.65. The lowest BCUT2D eigenvalue weighted by atomic mass is 10.1. The summed E-state index contributed by atoms with van der Waals surface area (Å²) in [7, 11) is 1.63. The third kappa shape index (κ3) is 3.89. The summed E-state index contributed by atoms with van der Waals surface area (Å²) in [5.41, 5.74) is 2.76. The van der Waals surface area contributed by atoms with Gasteiger partial charge in [-0.05, 0) is 41.0 Å². The number of hydrogen-bond acceptors (Lipinski definition) is 2. The van der Waals surface area contributed by atoms with Crippen LogP contribution in [0, 0.1) is 5.82 Å². The van der Waals surface area contributed by atoms with Crippen LogP contribution >= 0.6 is 0 Å². The molecule has 0 fully saturated rings. The second-order valence-electron chi connectivity index (χ2n) is 5.18. The smallest absolute Gasteiger partial charge is 0.127 e. The van der Waals surface area contributed by atoms with E-state index in [-0.39, 0.29) is 5.82 Å². The Labute approximate surface area is 135 Å². The molecule has 23 heavy (non-hydrogen) atoms. The van der Waals surface area contributed by atoms with Crippen LogP contribution in [0.2, 0.25) is 0 Å². The van der Waals surface area contributed by atoms with Gasteiger partial charge in [0.25, 0.3) is 0 Å². The van der Waals surface area contributed by atoms with Crippen LogP contribution in [0.1, 0.15) is 5.56 Å². The minimum atomic E-state index is -0.309. The molecule has 3 aromatic carbocycles. The summed E-state index contributed by atoms with van der Waals surface area (Å²) in [4.78, 5) is 0. The average molecular weight is 308 g/mol. The molecule has 0 bridgehead atoms. The highest BCUT2D eigenvalue weighted by Crippen LogP contribution is 2.26. The standard InChI is InChI=1S/C20H17FO2/c1-22-19-9-7-15(8-10-19)14-23-20-12-17(11-18(21)13-20)16-5-3-2-4-6-16/h2-13H,14H2,1H3. The van der Waals surface area contributed by atoms with Crippen LogP contribution in [0.15, 0.2) is 72.8 Å². The summed E-state index contributed by atoms with van der Waals surface area (Å²) >= 11 is 0. The van der Waals surface area contributed by atoms with Crippen molar-refractivity contribution < 1.29 is 13.9 Å². The van der Waals surface area contributed by atoms with Crippen LogP contribution in [0.25, 0.3) is 11.1 Å². The molecular weight excluding hydrogens is 291 g/mol. The maximum Gasteiger partial charge on any atom is 0.127 e. The quantitative estimate of drug-likeness (QED) is 0.654. The molecule has 0 aliphatic carbocycles. The van der Waals surface area contributed by atoms with Crippen molar-refractivity contribution >= 4 is 0 Å². The van der Waals surface area contributed by atoms with Crippen LogP contribution in [-0.2, 0) is 6.61 Å². The van der Waals surface area contributed by atoms with Crippen LogP contribution in [-0.4, -0.2) is 7.11 Å². The lowest BCUT2D eigenvalue weighted by Gasteiger charge is -2.09. The van der Waals surface area contributed by atoms with Gasteiger partial charge >= 0.3 is 0 Å². The lowest BCUT2D eigenvalue weighted by Crippen LogP contribution is -1.96. The first-order valence-electron chi connectivity index (χ1n) is 7.36. The molecule has 0 saturated carbocycles. The Morgan fingerprint density at radius 1 is 0.783 bits per heavy atom. The van der Waals surface area contributed by atoms with Gasteiger partial charge in [0.1, 0.15) is 23.9 Å². The molecule has 0 N–H and O–H groups in total. The molecule has 0 aliphatic heterocycles. The fourth-order valence-corrected chi connectivity index (χ4v) is 2.33. The van der Waals surface area contributed by atoms with Gasteiger partial charge in [-0.3, -0.25) is 0 Å². The number of benzene rings is 3. The van der Waals surface area contributed by atoms with Gasteiger partial charge in [0.15, 0.2) is 0 Å².